The first-order valence-electron chi connectivity index (χ1n) is 8.21. The van der Waals surface area contributed by atoms with Gasteiger partial charge in [0.15, 0.2) is 0 Å². The van der Waals surface area contributed by atoms with Gasteiger partial charge in [0.1, 0.15) is 16.8 Å². The molecule has 0 fully saturated rings. The van der Waals surface area contributed by atoms with Crippen molar-refractivity contribution in [2.75, 3.05) is 5.32 Å². The highest BCUT2D eigenvalue weighted by Gasteiger charge is 2.15. The summed E-state index contributed by atoms with van der Waals surface area (Å²) in [5, 5.41) is 22.0. The third kappa shape index (κ3) is 4.00. The lowest BCUT2D eigenvalue weighted by Gasteiger charge is -2.08. The zero-order chi connectivity index (χ0) is 20.3. The number of carbonyl (C=O) groups excluding carboxylic acids is 1. The van der Waals surface area contributed by atoms with Gasteiger partial charge in [0.25, 0.3) is 5.91 Å². The Bertz CT molecular complexity index is 1180. The molecule has 3 aromatic rings. The average molecular weight is 392 g/mol. The number of aryl methyl sites for hydroxylation is 1. The van der Waals surface area contributed by atoms with Crippen LogP contribution >= 0.6 is 11.6 Å². The predicted octanol–water partition coefficient (Wildman–Crippen LogP) is 4.44. The van der Waals surface area contributed by atoms with Crippen LogP contribution in [0.1, 0.15) is 21.5 Å². The minimum atomic E-state index is -1.18. The summed E-state index contributed by atoms with van der Waals surface area (Å²) in [6, 6.07) is 15.2. The first-order chi connectivity index (χ1) is 13.4. The Kier molecular flexibility index (Phi) is 5.39. The molecule has 1 aromatic heterocycles. The summed E-state index contributed by atoms with van der Waals surface area (Å²) in [5.41, 5.74) is 1.95. The van der Waals surface area contributed by atoms with E-state index >= 15 is 0 Å². The lowest BCUT2D eigenvalue weighted by atomic mass is 10.1. The molecule has 138 valence electrons. The molecule has 3 rings (SSSR count). The number of aromatic nitrogens is 1. The number of nitrogens with zero attached hydrogens (tertiary/aromatic N) is 2. The van der Waals surface area contributed by atoms with Crippen molar-refractivity contribution in [3.05, 3.63) is 75.9 Å². The highest BCUT2D eigenvalue weighted by Crippen LogP contribution is 2.24. The van der Waals surface area contributed by atoms with E-state index in [9.17, 15) is 20.0 Å². The quantitative estimate of drug-likeness (QED) is 0.388. The van der Waals surface area contributed by atoms with Gasteiger partial charge in [0.2, 0.25) is 0 Å². The number of aromatic carboxylic acids is 1. The van der Waals surface area contributed by atoms with E-state index in [0.29, 0.717) is 11.1 Å². The van der Waals surface area contributed by atoms with Crippen LogP contribution in [-0.4, -0.2) is 22.0 Å². The number of pyridine rings is 1. The number of anilines is 1. The molecule has 0 spiro atoms. The Labute approximate surface area is 165 Å². The average Bonchev–Trinajstić information content (AvgIpc) is 2.66. The van der Waals surface area contributed by atoms with Crippen molar-refractivity contribution < 1.29 is 14.7 Å². The molecular formula is C21H14ClN3O3. The number of para-hydroxylation sites is 1. The summed E-state index contributed by atoms with van der Waals surface area (Å²) in [7, 11) is 0. The van der Waals surface area contributed by atoms with Crippen LogP contribution in [-0.2, 0) is 4.79 Å². The van der Waals surface area contributed by atoms with E-state index in [1.165, 1.54) is 18.2 Å². The Morgan fingerprint density at radius 2 is 1.96 bits per heavy atom. The highest BCUT2D eigenvalue weighted by molar-refractivity contribution is 6.31. The third-order valence-electron chi connectivity index (χ3n) is 4.02. The SMILES string of the molecule is Cc1ccc2nc(Cl)c(/C=C(\C#N)C(=O)Nc3ccccc3C(=O)O)cc2c1. The summed E-state index contributed by atoms with van der Waals surface area (Å²) in [5.74, 6) is -1.92. The third-order valence-corrected chi connectivity index (χ3v) is 4.32. The minimum Gasteiger partial charge on any atom is -0.478 e. The maximum Gasteiger partial charge on any atom is 0.337 e. The van der Waals surface area contributed by atoms with Gasteiger partial charge in [-0.3, -0.25) is 4.79 Å². The molecule has 0 aliphatic heterocycles. The van der Waals surface area contributed by atoms with Crippen LogP contribution in [0.4, 0.5) is 5.69 Å². The normalized spacial score (nSPS) is 11.1. The van der Waals surface area contributed by atoms with Crippen LogP contribution < -0.4 is 5.32 Å². The standard InChI is InChI=1S/C21H14ClN3O3/c1-12-6-7-17-13(8-12)9-14(19(22)24-17)10-15(11-23)20(26)25-18-5-3-2-4-16(18)21(27)28/h2-10H,1H3,(H,25,26)(H,27,28)/b15-10+. The van der Waals surface area contributed by atoms with Crippen LogP contribution in [0, 0.1) is 18.3 Å². The van der Waals surface area contributed by atoms with Crippen LogP contribution in [0.2, 0.25) is 5.15 Å². The maximum absolute atomic E-state index is 12.5. The fraction of sp³-hybridized carbons (Fsp3) is 0.0476. The zero-order valence-electron chi connectivity index (χ0n) is 14.7. The lowest BCUT2D eigenvalue weighted by molar-refractivity contribution is -0.112. The Morgan fingerprint density at radius 3 is 2.68 bits per heavy atom. The van der Waals surface area contributed by atoms with E-state index in [1.54, 1.807) is 18.2 Å². The summed E-state index contributed by atoms with van der Waals surface area (Å²) in [4.78, 5) is 28.1. The number of benzene rings is 2. The summed E-state index contributed by atoms with van der Waals surface area (Å²) >= 11 is 6.20. The fourth-order valence-electron chi connectivity index (χ4n) is 2.66. The van der Waals surface area contributed by atoms with Crippen LogP contribution in [0.15, 0.2) is 54.1 Å². The van der Waals surface area contributed by atoms with E-state index in [-0.39, 0.29) is 22.0 Å². The number of hydrogen-bond acceptors (Lipinski definition) is 4. The number of carboxylic acid groups (broad SMARTS) is 1. The molecule has 0 atom stereocenters. The van der Waals surface area contributed by atoms with Crippen molar-refractivity contribution in [3.8, 4) is 6.07 Å². The minimum absolute atomic E-state index is 0.0750. The van der Waals surface area contributed by atoms with Gasteiger partial charge in [-0.2, -0.15) is 5.26 Å². The molecule has 2 aromatic carbocycles. The zero-order valence-corrected chi connectivity index (χ0v) is 15.5. The molecule has 28 heavy (non-hydrogen) atoms. The second-order valence-electron chi connectivity index (χ2n) is 6.04. The first-order valence-corrected chi connectivity index (χ1v) is 8.59. The predicted molar refractivity (Wildman–Crippen MR) is 107 cm³/mol. The number of nitriles is 1. The molecule has 7 heteroatoms. The van der Waals surface area contributed by atoms with Gasteiger partial charge >= 0.3 is 5.97 Å². The number of amides is 1. The summed E-state index contributed by atoms with van der Waals surface area (Å²) < 4.78 is 0. The topological polar surface area (TPSA) is 103 Å². The second kappa shape index (κ2) is 7.91. The van der Waals surface area contributed by atoms with Gasteiger partial charge < -0.3 is 10.4 Å². The van der Waals surface area contributed by atoms with E-state index in [4.69, 9.17) is 11.6 Å². The number of carbonyl (C=O) groups is 2. The Hall–Kier alpha value is -3.69. The van der Waals surface area contributed by atoms with Gasteiger partial charge in [0.05, 0.1) is 16.8 Å². The van der Waals surface area contributed by atoms with Crippen molar-refractivity contribution in [1.82, 2.24) is 4.98 Å². The van der Waals surface area contributed by atoms with Gasteiger partial charge in [-0.25, -0.2) is 9.78 Å². The first kappa shape index (κ1) is 19.1. The molecule has 0 radical (unpaired) electrons. The number of fused-ring (bicyclic) bond motifs is 1. The molecule has 0 unspecified atom stereocenters. The van der Waals surface area contributed by atoms with Gasteiger partial charge in [-0.15, -0.1) is 0 Å². The van der Waals surface area contributed by atoms with E-state index < -0.39 is 11.9 Å². The monoisotopic (exact) mass is 391 g/mol. The van der Waals surface area contributed by atoms with Crippen molar-refractivity contribution in [1.29, 1.82) is 5.26 Å². The number of carboxylic acids is 1. The van der Waals surface area contributed by atoms with Crippen LogP contribution in [0.25, 0.3) is 17.0 Å². The molecular weight excluding hydrogens is 378 g/mol. The van der Waals surface area contributed by atoms with Crippen molar-refractivity contribution in [3.63, 3.8) is 0 Å². The molecule has 0 saturated heterocycles. The number of halogens is 1. The molecule has 2 N–H and O–H groups in total. The van der Waals surface area contributed by atoms with Crippen molar-refractivity contribution in [2.24, 2.45) is 0 Å². The van der Waals surface area contributed by atoms with Crippen LogP contribution in [0.3, 0.4) is 0 Å². The maximum atomic E-state index is 12.5. The number of hydrogen-bond donors (Lipinski definition) is 2. The summed E-state index contributed by atoms with van der Waals surface area (Å²) in [6.45, 7) is 1.94. The van der Waals surface area contributed by atoms with Gasteiger partial charge in [0, 0.05) is 10.9 Å². The smallest absolute Gasteiger partial charge is 0.337 e. The van der Waals surface area contributed by atoms with E-state index in [2.05, 4.69) is 10.3 Å². The second-order valence-corrected chi connectivity index (χ2v) is 6.40. The lowest BCUT2D eigenvalue weighted by Crippen LogP contribution is -2.16. The van der Waals surface area contributed by atoms with E-state index in [1.807, 2.05) is 31.2 Å². The fourth-order valence-corrected chi connectivity index (χ4v) is 2.86. The molecule has 1 amide bonds. The largest absolute Gasteiger partial charge is 0.478 e. The van der Waals surface area contributed by atoms with Crippen molar-refractivity contribution in [2.45, 2.75) is 6.92 Å². The molecule has 0 aliphatic carbocycles. The number of rotatable bonds is 4. The van der Waals surface area contributed by atoms with Gasteiger partial charge in [-0.1, -0.05) is 35.4 Å². The number of nitrogens with one attached hydrogen (secondary N) is 1. The van der Waals surface area contributed by atoms with Crippen LogP contribution in [0.5, 0.6) is 0 Å². The Morgan fingerprint density at radius 1 is 1.21 bits per heavy atom. The molecule has 1 heterocycles. The molecule has 0 bridgehead atoms. The highest BCUT2D eigenvalue weighted by atomic mass is 35.5. The molecule has 0 saturated carbocycles. The summed E-state index contributed by atoms with van der Waals surface area (Å²) in [6.07, 6.45) is 1.33. The molecule has 6 nitrogen and oxygen atoms in total. The van der Waals surface area contributed by atoms with E-state index in [0.717, 1.165) is 10.9 Å². The van der Waals surface area contributed by atoms with Gasteiger partial charge in [-0.05, 0) is 43.3 Å². The Balaban J connectivity index is 1.97. The van der Waals surface area contributed by atoms with Crippen molar-refractivity contribution >= 4 is 46.1 Å². The molecule has 0 aliphatic rings.